The van der Waals surface area contributed by atoms with E-state index in [1.54, 1.807) is 6.07 Å². The number of carbonyl (C=O) groups excluding carboxylic acids is 2. The van der Waals surface area contributed by atoms with E-state index in [1.807, 2.05) is 11.4 Å². The third kappa shape index (κ3) is 3.28. The predicted octanol–water partition coefficient (Wildman–Crippen LogP) is 3.82. The summed E-state index contributed by atoms with van der Waals surface area (Å²) in [5.74, 6) is 0.0112. The van der Waals surface area contributed by atoms with Crippen molar-refractivity contribution in [2.24, 2.45) is 0 Å². The minimum atomic E-state index is -0.0377. The first-order valence-corrected chi connectivity index (χ1v) is 8.47. The molecule has 1 aromatic heterocycles. The van der Waals surface area contributed by atoms with Crippen LogP contribution in [0.3, 0.4) is 0 Å². The summed E-state index contributed by atoms with van der Waals surface area (Å²) >= 11 is 1.43. The molecule has 2 aromatic rings. The molecule has 0 bridgehead atoms. The third-order valence-electron chi connectivity index (χ3n) is 4.09. The molecule has 3 rings (SSSR count). The maximum Gasteiger partial charge on any atom is 0.220 e. The maximum atomic E-state index is 12.1. The van der Waals surface area contributed by atoms with Crippen molar-refractivity contribution in [2.45, 2.75) is 38.6 Å². The second-order valence-corrected chi connectivity index (χ2v) is 6.71. The molecule has 22 heavy (non-hydrogen) atoms. The minimum absolute atomic E-state index is 0.0377. The fourth-order valence-corrected chi connectivity index (χ4v) is 3.62. The topological polar surface area (TPSA) is 46.2 Å². The molecule has 1 heterocycles. The molecule has 1 amide bonds. The van der Waals surface area contributed by atoms with E-state index in [2.05, 4.69) is 30.4 Å². The molecule has 1 N–H and O–H groups in total. The normalized spacial score (nSPS) is 16.3. The van der Waals surface area contributed by atoms with E-state index in [0.29, 0.717) is 0 Å². The van der Waals surface area contributed by atoms with Crippen LogP contribution in [0.15, 0.2) is 35.7 Å². The number of benzene rings is 1. The Balaban J connectivity index is 1.55. The number of thiophene rings is 1. The zero-order chi connectivity index (χ0) is 15.5. The van der Waals surface area contributed by atoms with Crippen molar-refractivity contribution in [1.82, 2.24) is 5.32 Å². The summed E-state index contributed by atoms with van der Waals surface area (Å²) in [6.07, 6.45) is 2.49. The number of carbonyl (C=O) groups is 2. The number of nitrogens with one attached hydrogen (secondary N) is 1. The molecular weight excluding hydrogens is 294 g/mol. The van der Waals surface area contributed by atoms with E-state index < -0.39 is 0 Å². The van der Waals surface area contributed by atoms with E-state index in [0.717, 1.165) is 17.7 Å². The molecular formula is C18H19NO2S. The Hall–Kier alpha value is -1.94. The zero-order valence-electron chi connectivity index (χ0n) is 12.6. The number of fused-ring (bicyclic) bond motifs is 1. The van der Waals surface area contributed by atoms with Gasteiger partial charge in [0.1, 0.15) is 0 Å². The Morgan fingerprint density at radius 1 is 1.27 bits per heavy atom. The van der Waals surface area contributed by atoms with Crippen molar-refractivity contribution in [2.75, 3.05) is 0 Å². The van der Waals surface area contributed by atoms with Crippen molar-refractivity contribution in [3.05, 3.63) is 57.3 Å². The van der Waals surface area contributed by atoms with E-state index in [1.165, 1.54) is 28.0 Å². The molecule has 0 saturated carbocycles. The molecule has 114 valence electrons. The van der Waals surface area contributed by atoms with Gasteiger partial charge in [-0.15, -0.1) is 11.3 Å². The number of aryl methyl sites for hydroxylation is 2. The molecule has 0 aliphatic heterocycles. The Morgan fingerprint density at radius 2 is 2.14 bits per heavy atom. The number of Topliss-reactive ketones (excluding diaryl/α,β-unsaturated/α-hetero) is 1. The summed E-state index contributed by atoms with van der Waals surface area (Å²) in [7, 11) is 0. The summed E-state index contributed by atoms with van der Waals surface area (Å²) in [5.41, 5.74) is 3.77. The van der Waals surface area contributed by atoms with Crippen LogP contribution in [-0.4, -0.2) is 11.7 Å². The number of hydrogen-bond donors (Lipinski definition) is 1. The lowest BCUT2D eigenvalue weighted by Gasteiger charge is -2.14. The SMILES string of the molecule is Cc1ccc2c(c1)C(NC(=O)CCC(=O)c1cccs1)CC2. The predicted molar refractivity (Wildman–Crippen MR) is 88.3 cm³/mol. The summed E-state index contributed by atoms with van der Waals surface area (Å²) < 4.78 is 0. The number of amides is 1. The van der Waals surface area contributed by atoms with Gasteiger partial charge in [-0.3, -0.25) is 9.59 Å². The van der Waals surface area contributed by atoms with Crippen LogP contribution in [0.1, 0.15) is 51.7 Å². The molecule has 1 atom stereocenters. The van der Waals surface area contributed by atoms with E-state index in [-0.39, 0.29) is 30.6 Å². The highest BCUT2D eigenvalue weighted by Gasteiger charge is 2.24. The molecule has 0 fully saturated rings. The zero-order valence-corrected chi connectivity index (χ0v) is 13.4. The molecule has 4 heteroatoms. The van der Waals surface area contributed by atoms with E-state index in [9.17, 15) is 9.59 Å². The van der Waals surface area contributed by atoms with Gasteiger partial charge < -0.3 is 5.32 Å². The molecule has 1 aliphatic rings. The van der Waals surface area contributed by atoms with Crippen LogP contribution in [0.2, 0.25) is 0 Å². The molecule has 0 radical (unpaired) electrons. The van der Waals surface area contributed by atoms with Gasteiger partial charge in [-0.25, -0.2) is 0 Å². The summed E-state index contributed by atoms with van der Waals surface area (Å²) in [4.78, 5) is 24.8. The van der Waals surface area contributed by atoms with Gasteiger partial charge in [-0.05, 0) is 42.3 Å². The summed E-state index contributed by atoms with van der Waals surface area (Å²) in [5, 5.41) is 4.96. The highest BCUT2D eigenvalue weighted by Crippen LogP contribution is 2.31. The van der Waals surface area contributed by atoms with Crippen LogP contribution >= 0.6 is 11.3 Å². The molecule has 0 saturated heterocycles. The Morgan fingerprint density at radius 3 is 2.91 bits per heavy atom. The van der Waals surface area contributed by atoms with Gasteiger partial charge in [-0.1, -0.05) is 29.8 Å². The average molecular weight is 313 g/mol. The fraction of sp³-hybridized carbons (Fsp3) is 0.333. The summed E-state index contributed by atoms with van der Waals surface area (Å²) in [6.45, 7) is 2.07. The second kappa shape index (κ2) is 6.44. The Kier molecular flexibility index (Phi) is 4.39. The smallest absolute Gasteiger partial charge is 0.220 e. The first kappa shape index (κ1) is 15.0. The highest BCUT2D eigenvalue weighted by molar-refractivity contribution is 7.12. The van der Waals surface area contributed by atoms with Gasteiger partial charge in [0, 0.05) is 12.8 Å². The van der Waals surface area contributed by atoms with Crippen LogP contribution < -0.4 is 5.32 Å². The summed E-state index contributed by atoms with van der Waals surface area (Å²) in [6, 6.07) is 10.2. The lowest BCUT2D eigenvalue weighted by atomic mass is 10.0. The van der Waals surface area contributed by atoms with Crippen molar-refractivity contribution in [3.63, 3.8) is 0 Å². The van der Waals surface area contributed by atoms with E-state index >= 15 is 0 Å². The Bertz CT molecular complexity index is 691. The van der Waals surface area contributed by atoms with Gasteiger partial charge >= 0.3 is 0 Å². The largest absolute Gasteiger partial charge is 0.349 e. The van der Waals surface area contributed by atoms with Crippen LogP contribution in [-0.2, 0) is 11.2 Å². The lowest BCUT2D eigenvalue weighted by molar-refractivity contribution is -0.121. The first-order chi connectivity index (χ1) is 10.6. The van der Waals surface area contributed by atoms with Crippen molar-refractivity contribution >= 4 is 23.0 Å². The quantitative estimate of drug-likeness (QED) is 0.853. The van der Waals surface area contributed by atoms with Crippen molar-refractivity contribution in [3.8, 4) is 0 Å². The van der Waals surface area contributed by atoms with Gasteiger partial charge in [0.25, 0.3) is 0 Å². The van der Waals surface area contributed by atoms with Crippen molar-refractivity contribution < 1.29 is 9.59 Å². The van der Waals surface area contributed by atoms with Gasteiger partial charge in [0.05, 0.1) is 10.9 Å². The van der Waals surface area contributed by atoms with E-state index in [4.69, 9.17) is 0 Å². The molecule has 1 aliphatic carbocycles. The molecule has 1 aromatic carbocycles. The molecule has 0 spiro atoms. The Labute approximate surface area is 134 Å². The van der Waals surface area contributed by atoms with Gasteiger partial charge in [0.2, 0.25) is 5.91 Å². The monoisotopic (exact) mass is 313 g/mol. The lowest BCUT2D eigenvalue weighted by Crippen LogP contribution is -2.27. The maximum absolute atomic E-state index is 12.1. The molecule has 1 unspecified atom stereocenters. The highest BCUT2D eigenvalue weighted by atomic mass is 32.1. The number of hydrogen-bond acceptors (Lipinski definition) is 3. The van der Waals surface area contributed by atoms with Crippen LogP contribution in [0, 0.1) is 6.92 Å². The third-order valence-corrected chi connectivity index (χ3v) is 5.00. The number of rotatable bonds is 5. The van der Waals surface area contributed by atoms with Gasteiger partial charge in [0.15, 0.2) is 5.78 Å². The molecule has 3 nitrogen and oxygen atoms in total. The second-order valence-electron chi connectivity index (χ2n) is 5.76. The average Bonchev–Trinajstić information content (AvgIpc) is 3.15. The number of ketones is 1. The van der Waals surface area contributed by atoms with Crippen molar-refractivity contribution in [1.29, 1.82) is 0 Å². The fourth-order valence-electron chi connectivity index (χ4n) is 2.93. The van der Waals surface area contributed by atoms with Crippen LogP contribution in [0.25, 0.3) is 0 Å². The first-order valence-electron chi connectivity index (χ1n) is 7.59. The standard InChI is InChI=1S/C18H19NO2S/c1-12-4-5-13-6-7-15(14(13)11-12)19-18(21)9-8-16(20)17-3-2-10-22-17/h2-5,10-11,15H,6-9H2,1H3,(H,19,21). The van der Waals surface area contributed by atoms with Crippen LogP contribution in [0.4, 0.5) is 0 Å². The van der Waals surface area contributed by atoms with Gasteiger partial charge in [-0.2, -0.15) is 0 Å². The minimum Gasteiger partial charge on any atom is -0.349 e. The van der Waals surface area contributed by atoms with Crippen LogP contribution in [0.5, 0.6) is 0 Å².